The summed E-state index contributed by atoms with van der Waals surface area (Å²) in [6, 6.07) is 3.58. The maximum atomic E-state index is 10.9. The second-order valence-corrected chi connectivity index (χ2v) is 7.50. The minimum atomic E-state index is -0.322. The van der Waals surface area contributed by atoms with Crippen LogP contribution in [0.3, 0.4) is 0 Å². The summed E-state index contributed by atoms with van der Waals surface area (Å²) in [7, 11) is 0. The van der Waals surface area contributed by atoms with Crippen molar-refractivity contribution >= 4 is 16.3 Å². The topological polar surface area (TPSA) is 72.4 Å². The Labute approximate surface area is 123 Å². The van der Waals surface area contributed by atoms with Crippen LogP contribution in [0.5, 0.6) is 0 Å². The molecule has 20 heavy (non-hydrogen) atoms. The molecular weight excluding hydrogens is 274 g/mol. The minimum absolute atomic E-state index is 0.00535. The lowest BCUT2D eigenvalue weighted by atomic mass is 9.97. The second-order valence-electron chi connectivity index (χ2n) is 6.40. The first kappa shape index (κ1) is 15.4. The third-order valence-corrected chi connectivity index (χ3v) is 4.98. The zero-order chi connectivity index (χ0) is 14.9. The van der Waals surface area contributed by atoms with Crippen molar-refractivity contribution < 1.29 is 4.92 Å². The third-order valence-electron chi connectivity index (χ3n) is 3.87. The Bertz CT molecular complexity index is 481. The van der Waals surface area contributed by atoms with Crippen molar-refractivity contribution in [1.82, 2.24) is 4.90 Å². The van der Waals surface area contributed by atoms with Crippen molar-refractivity contribution in [2.75, 3.05) is 6.54 Å². The molecule has 2 N–H and O–H groups in total. The van der Waals surface area contributed by atoms with E-state index in [9.17, 15) is 10.1 Å². The van der Waals surface area contributed by atoms with Crippen LogP contribution >= 0.6 is 11.3 Å². The number of hydrogen-bond donors (Lipinski definition) is 1. The van der Waals surface area contributed by atoms with Crippen LogP contribution in [0.4, 0.5) is 5.00 Å². The number of hydrogen-bond acceptors (Lipinski definition) is 5. The SMILES string of the molecule is CC(C)(C)N1CCCCC(N)C1c1ccc([N+](=O)[O-])s1. The summed E-state index contributed by atoms with van der Waals surface area (Å²) in [4.78, 5) is 14.0. The van der Waals surface area contributed by atoms with Crippen molar-refractivity contribution in [1.29, 1.82) is 0 Å². The van der Waals surface area contributed by atoms with Crippen LogP contribution in [-0.2, 0) is 0 Å². The van der Waals surface area contributed by atoms with E-state index in [0.717, 1.165) is 30.7 Å². The smallest absolute Gasteiger partial charge is 0.324 e. The van der Waals surface area contributed by atoms with Gasteiger partial charge in [0.05, 0.1) is 11.0 Å². The third kappa shape index (κ3) is 3.19. The van der Waals surface area contributed by atoms with Crippen LogP contribution in [0.15, 0.2) is 12.1 Å². The molecule has 5 nitrogen and oxygen atoms in total. The number of nitro groups is 1. The van der Waals surface area contributed by atoms with Crippen molar-refractivity contribution in [2.45, 2.75) is 57.7 Å². The van der Waals surface area contributed by atoms with E-state index in [1.807, 2.05) is 6.07 Å². The summed E-state index contributed by atoms with van der Waals surface area (Å²) < 4.78 is 0. The van der Waals surface area contributed by atoms with Gasteiger partial charge < -0.3 is 5.73 Å². The molecule has 0 aliphatic carbocycles. The van der Waals surface area contributed by atoms with Gasteiger partial charge in [0.15, 0.2) is 0 Å². The summed E-state index contributed by atoms with van der Waals surface area (Å²) in [5.74, 6) is 0. The predicted molar refractivity (Wildman–Crippen MR) is 82.0 cm³/mol. The normalized spacial score (nSPS) is 25.4. The van der Waals surface area contributed by atoms with Crippen molar-refractivity contribution in [3.8, 4) is 0 Å². The fraction of sp³-hybridized carbons (Fsp3) is 0.714. The molecule has 1 aliphatic heterocycles. The number of rotatable bonds is 2. The van der Waals surface area contributed by atoms with Crippen LogP contribution < -0.4 is 5.73 Å². The van der Waals surface area contributed by atoms with Crippen LogP contribution in [0, 0.1) is 10.1 Å². The maximum absolute atomic E-state index is 10.9. The monoisotopic (exact) mass is 297 g/mol. The van der Waals surface area contributed by atoms with Crippen LogP contribution in [0.2, 0.25) is 0 Å². The molecule has 1 aliphatic rings. The van der Waals surface area contributed by atoms with E-state index < -0.39 is 0 Å². The van der Waals surface area contributed by atoms with Gasteiger partial charge in [-0.05, 0) is 46.2 Å². The first-order chi connectivity index (χ1) is 9.30. The molecule has 0 spiro atoms. The van der Waals surface area contributed by atoms with E-state index in [1.54, 1.807) is 6.07 Å². The largest absolute Gasteiger partial charge is 0.326 e. The lowest BCUT2D eigenvalue weighted by molar-refractivity contribution is -0.380. The molecule has 2 rings (SSSR count). The summed E-state index contributed by atoms with van der Waals surface area (Å²) >= 11 is 1.26. The molecule has 2 atom stereocenters. The zero-order valence-corrected chi connectivity index (χ0v) is 13.2. The van der Waals surface area contributed by atoms with Crippen LogP contribution in [0.1, 0.15) is 51.0 Å². The first-order valence-corrected chi connectivity index (χ1v) is 7.89. The minimum Gasteiger partial charge on any atom is -0.326 e. The molecule has 112 valence electrons. The number of nitrogens with two attached hydrogens (primary N) is 1. The van der Waals surface area contributed by atoms with Crippen molar-refractivity contribution in [2.24, 2.45) is 5.73 Å². The van der Waals surface area contributed by atoms with Crippen LogP contribution in [-0.4, -0.2) is 27.9 Å². The molecule has 0 bridgehead atoms. The fourth-order valence-corrected chi connectivity index (χ4v) is 3.92. The summed E-state index contributed by atoms with van der Waals surface area (Å²) in [5, 5.41) is 11.1. The molecule has 2 heterocycles. The molecular formula is C14H23N3O2S. The van der Waals surface area contributed by atoms with Gasteiger partial charge in [0, 0.05) is 22.5 Å². The van der Waals surface area contributed by atoms with Gasteiger partial charge in [-0.2, -0.15) is 0 Å². The number of thiophene rings is 1. The van der Waals surface area contributed by atoms with Gasteiger partial charge in [0.2, 0.25) is 0 Å². The van der Waals surface area contributed by atoms with E-state index in [0.29, 0.717) is 0 Å². The van der Waals surface area contributed by atoms with Gasteiger partial charge in [0.25, 0.3) is 0 Å². The van der Waals surface area contributed by atoms with E-state index in [2.05, 4.69) is 25.7 Å². The summed E-state index contributed by atoms with van der Waals surface area (Å²) in [6.07, 6.45) is 3.23. The Kier molecular flexibility index (Phi) is 4.46. The highest BCUT2D eigenvalue weighted by Crippen LogP contribution is 2.39. The fourth-order valence-electron chi connectivity index (χ4n) is 2.91. The van der Waals surface area contributed by atoms with Crippen LogP contribution in [0.25, 0.3) is 0 Å². The molecule has 2 unspecified atom stereocenters. The lowest BCUT2D eigenvalue weighted by Crippen LogP contribution is -2.48. The van der Waals surface area contributed by atoms with Gasteiger partial charge in [0.1, 0.15) is 0 Å². The Morgan fingerprint density at radius 1 is 1.40 bits per heavy atom. The molecule has 1 aromatic rings. The van der Waals surface area contributed by atoms with Crippen molar-refractivity contribution in [3.05, 3.63) is 27.1 Å². The van der Waals surface area contributed by atoms with Gasteiger partial charge >= 0.3 is 5.00 Å². The Morgan fingerprint density at radius 2 is 2.10 bits per heavy atom. The highest BCUT2D eigenvalue weighted by Gasteiger charge is 2.36. The van der Waals surface area contributed by atoms with E-state index in [1.165, 1.54) is 11.3 Å². The van der Waals surface area contributed by atoms with E-state index in [4.69, 9.17) is 5.73 Å². The maximum Gasteiger partial charge on any atom is 0.324 e. The Hall–Kier alpha value is -0.980. The summed E-state index contributed by atoms with van der Waals surface area (Å²) in [5.41, 5.74) is 6.38. The molecule has 1 aromatic heterocycles. The molecule has 1 saturated heterocycles. The molecule has 0 amide bonds. The molecule has 6 heteroatoms. The van der Waals surface area contributed by atoms with Gasteiger partial charge in [-0.25, -0.2) is 0 Å². The summed E-state index contributed by atoms with van der Waals surface area (Å²) in [6.45, 7) is 7.54. The van der Waals surface area contributed by atoms with Crippen molar-refractivity contribution in [3.63, 3.8) is 0 Å². The van der Waals surface area contributed by atoms with E-state index in [-0.39, 0.29) is 27.5 Å². The standard InChI is InChI=1S/C14H23N3O2S/c1-14(2,3)16-9-5-4-6-10(15)13(16)11-7-8-12(20-11)17(18)19/h7-8,10,13H,4-6,9,15H2,1-3H3. The molecule has 0 radical (unpaired) electrons. The lowest BCUT2D eigenvalue weighted by Gasteiger charge is -2.42. The average Bonchev–Trinajstić information content (AvgIpc) is 2.72. The Balaban J connectivity index is 2.37. The Morgan fingerprint density at radius 3 is 2.65 bits per heavy atom. The zero-order valence-electron chi connectivity index (χ0n) is 12.3. The van der Waals surface area contributed by atoms with Gasteiger partial charge in [-0.3, -0.25) is 15.0 Å². The molecule has 1 fully saturated rings. The van der Waals surface area contributed by atoms with Gasteiger partial charge in [-0.15, -0.1) is 0 Å². The quantitative estimate of drug-likeness (QED) is 0.671. The number of likely N-dealkylation sites (tertiary alicyclic amines) is 1. The average molecular weight is 297 g/mol. The molecule has 0 aromatic carbocycles. The highest BCUT2D eigenvalue weighted by atomic mass is 32.1. The van der Waals surface area contributed by atoms with E-state index >= 15 is 0 Å². The highest BCUT2D eigenvalue weighted by molar-refractivity contribution is 7.15. The predicted octanol–water partition coefficient (Wildman–Crippen LogP) is 3.31. The van der Waals surface area contributed by atoms with Gasteiger partial charge in [-0.1, -0.05) is 17.8 Å². The second kappa shape index (κ2) is 5.79. The molecule has 0 saturated carbocycles. The number of nitrogens with zero attached hydrogens (tertiary/aromatic N) is 2. The first-order valence-electron chi connectivity index (χ1n) is 7.07.